The van der Waals surface area contributed by atoms with Gasteiger partial charge in [-0.05, 0) is 63.6 Å². The van der Waals surface area contributed by atoms with E-state index in [1.165, 1.54) is 29.5 Å². The lowest BCUT2D eigenvalue weighted by Crippen LogP contribution is -2.11. The highest BCUT2D eigenvalue weighted by Gasteiger charge is 2.33. The van der Waals surface area contributed by atoms with Crippen LogP contribution in [0.25, 0.3) is 20.9 Å². The SMILES string of the molecule is CC1(c2sccc2-c2sc(Br)cc2-c2cccs2)CC=CS1. The van der Waals surface area contributed by atoms with Crippen LogP contribution in [0.1, 0.15) is 18.2 Å². The molecule has 0 fully saturated rings. The van der Waals surface area contributed by atoms with Crippen LogP contribution in [-0.4, -0.2) is 0 Å². The smallest absolute Gasteiger partial charge is 0.0711 e. The van der Waals surface area contributed by atoms with Gasteiger partial charge in [-0.15, -0.1) is 45.8 Å². The highest BCUT2D eigenvalue weighted by Crippen LogP contribution is 2.53. The number of thiophene rings is 3. The van der Waals surface area contributed by atoms with Crippen LogP contribution >= 0.6 is 61.7 Å². The summed E-state index contributed by atoms with van der Waals surface area (Å²) in [4.78, 5) is 4.23. The van der Waals surface area contributed by atoms with E-state index in [-0.39, 0.29) is 4.75 Å². The fourth-order valence-electron chi connectivity index (χ4n) is 2.74. The first-order valence-electron chi connectivity index (χ1n) is 6.92. The molecule has 0 amide bonds. The molecule has 22 heavy (non-hydrogen) atoms. The summed E-state index contributed by atoms with van der Waals surface area (Å²) in [5, 5.41) is 6.63. The first kappa shape index (κ1) is 15.2. The summed E-state index contributed by atoms with van der Waals surface area (Å²) in [6.07, 6.45) is 3.41. The lowest BCUT2D eigenvalue weighted by atomic mass is 9.99. The Labute approximate surface area is 155 Å². The van der Waals surface area contributed by atoms with E-state index in [4.69, 9.17) is 0 Å². The molecule has 1 aliphatic heterocycles. The van der Waals surface area contributed by atoms with E-state index < -0.39 is 0 Å². The molecule has 1 unspecified atom stereocenters. The van der Waals surface area contributed by atoms with Gasteiger partial charge in [0.05, 0.1) is 8.53 Å². The Kier molecular flexibility index (Phi) is 4.11. The molecular weight excluding hydrogens is 412 g/mol. The largest absolute Gasteiger partial charge is 0.147 e. The topological polar surface area (TPSA) is 0 Å². The average Bonchev–Trinajstić information content (AvgIpc) is 3.25. The Balaban J connectivity index is 1.86. The minimum atomic E-state index is 0.187. The van der Waals surface area contributed by atoms with Crippen molar-refractivity contribution in [2.45, 2.75) is 18.1 Å². The second-order valence-electron chi connectivity index (χ2n) is 5.36. The molecule has 4 heterocycles. The quantitative estimate of drug-likeness (QED) is 0.412. The first-order chi connectivity index (χ1) is 10.7. The maximum Gasteiger partial charge on any atom is 0.0711 e. The van der Waals surface area contributed by atoms with E-state index in [0.717, 1.165) is 6.42 Å². The lowest BCUT2D eigenvalue weighted by molar-refractivity contribution is 0.737. The van der Waals surface area contributed by atoms with Crippen molar-refractivity contribution in [3.05, 3.63) is 55.2 Å². The van der Waals surface area contributed by atoms with Gasteiger partial charge in [0, 0.05) is 25.8 Å². The fourth-order valence-corrected chi connectivity index (χ4v) is 7.42. The van der Waals surface area contributed by atoms with Crippen LogP contribution in [0.2, 0.25) is 0 Å². The summed E-state index contributed by atoms with van der Waals surface area (Å²) in [6, 6.07) is 8.89. The van der Waals surface area contributed by atoms with Crippen molar-refractivity contribution < 1.29 is 0 Å². The average molecular weight is 425 g/mol. The molecule has 112 valence electrons. The van der Waals surface area contributed by atoms with Crippen LogP contribution in [0.4, 0.5) is 0 Å². The van der Waals surface area contributed by atoms with Gasteiger partial charge in [-0.3, -0.25) is 0 Å². The van der Waals surface area contributed by atoms with E-state index >= 15 is 0 Å². The molecule has 0 saturated carbocycles. The minimum absolute atomic E-state index is 0.187. The second-order valence-corrected chi connectivity index (χ2v) is 11.1. The van der Waals surface area contributed by atoms with Gasteiger partial charge in [-0.2, -0.15) is 0 Å². The Morgan fingerprint density at radius 1 is 1.14 bits per heavy atom. The maximum atomic E-state index is 3.68. The Morgan fingerprint density at radius 3 is 2.77 bits per heavy atom. The summed E-state index contributed by atoms with van der Waals surface area (Å²) >= 11 is 11.2. The molecule has 0 aliphatic carbocycles. The monoisotopic (exact) mass is 424 g/mol. The van der Waals surface area contributed by atoms with Crippen LogP contribution in [0.3, 0.4) is 0 Å². The van der Waals surface area contributed by atoms with Crippen molar-refractivity contribution in [2.24, 2.45) is 0 Å². The maximum absolute atomic E-state index is 3.68. The molecule has 0 N–H and O–H groups in total. The molecule has 5 heteroatoms. The molecule has 0 bridgehead atoms. The van der Waals surface area contributed by atoms with E-state index in [1.54, 1.807) is 0 Å². The minimum Gasteiger partial charge on any atom is -0.147 e. The molecule has 0 radical (unpaired) electrons. The van der Waals surface area contributed by atoms with Crippen LogP contribution in [0.15, 0.2) is 50.3 Å². The zero-order chi connectivity index (χ0) is 15.2. The number of thioether (sulfide) groups is 1. The molecule has 3 aromatic rings. The molecule has 3 aromatic heterocycles. The molecule has 0 spiro atoms. The zero-order valence-corrected chi connectivity index (χ0v) is 16.7. The Bertz CT molecular complexity index is 815. The predicted molar refractivity (Wildman–Crippen MR) is 107 cm³/mol. The molecule has 1 aliphatic rings. The van der Waals surface area contributed by atoms with Gasteiger partial charge in [-0.25, -0.2) is 0 Å². The van der Waals surface area contributed by atoms with Crippen molar-refractivity contribution in [3.8, 4) is 20.9 Å². The third-order valence-electron chi connectivity index (χ3n) is 3.81. The summed E-state index contributed by atoms with van der Waals surface area (Å²) in [5.74, 6) is 0. The van der Waals surface area contributed by atoms with E-state index in [1.807, 2.05) is 45.8 Å². The third-order valence-corrected chi connectivity index (χ3v) is 8.91. The Hall–Kier alpha value is -0.330. The molecular formula is C17H13BrS4. The van der Waals surface area contributed by atoms with Gasteiger partial charge in [0.1, 0.15) is 0 Å². The second kappa shape index (κ2) is 5.95. The van der Waals surface area contributed by atoms with Crippen molar-refractivity contribution in [1.29, 1.82) is 0 Å². The van der Waals surface area contributed by atoms with E-state index in [0.29, 0.717) is 0 Å². The Morgan fingerprint density at radius 2 is 2.05 bits per heavy atom. The fraction of sp³-hybridized carbons (Fsp3) is 0.176. The number of rotatable bonds is 3. The summed E-state index contributed by atoms with van der Waals surface area (Å²) in [6.45, 7) is 2.36. The van der Waals surface area contributed by atoms with Crippen molar-refractivity contribution >= 4 is 61.7 Å². The summed E-state index contributed by atoms with van der Waals surface area (Å²) in [7, 11) is 0. The number of hydrogen-bond acceptors (Lipinski definition) is 4. The zero-order valence-electron chi connectivity index (χ0n) is 11.8. The number of halogens is 1. The van der Waals surface area contributed by atoms with Gasteiger partial charge >= 0.3 is 0 Å². The van der Waals surface area contributed by atoms with Crippen LogP contribution in [-0.2, 0) is 4.75 Å². The first-order valence-corrected chi connectivity index (χ1v) is 11.2. The molecule has 0 nitrogen and oxygen atoms in total. The van der Waals surface area contributed by atoms with Crippen molar-refractivity contribution in [3.63, 3.8) is 0 Å². The van der Waals surface area contributed by atoms with Gasteiger partial charge in [0.25, 0.3) is 0 Å². The van der Waals surface area contributed by atoms with Gasteiger partial charge in [-0.1, -0.05) is 12.1 Å². The van der Waals surface area contributed by atoms with Gasteiger partial charge in [0.15, 0.2) is 0 Å². The summed E-state index contributed by atoms with van der Waals surface area (Å²) < 4.78 is 1.39. The van der Waals surface area contributed by atoms with Gasteiger partial charge in [0.2, 0.25) is 0 Å². The van der Waals surface area contributed by atoms with Crippen LogP contribution < -0.4 is 0 Å². The highest BCUT2D eigenvalue weighted by molar-refractivity contribution is 9.11. The molecule has 0 aromatic carbocycles. The van der Waals surface area contributed by atoms with Crippen molar-refractivity contribution in [1.82, 2.24) is 0 Å². The molecule has 4 rings (SSSR count). The highest BCUT2D eigenvalue weighted by atomic mass is 79.9. The van der Waals surface area contributed by atoms with Crippen LogP contribution in [0.5, 0.6) is 0 Å². The van der Waals surface area contributed by atoms with E-state index in [9.17, 15) is 0 Å². The number of hydrogen-bond donors (Lipinski definition) is 0. The predicted octanol–water partition coefficient (Wildman–Crippen LogP) is 7.83. The molecule has 1 atom stereocenters. The lowest BCUT2D eigenvalue weighted by Gasteiger charge is -2.23. The van der Waals surface area contributed by atoms with Gasteiger partial charge < -0.3 is 0 Å². The van der Waals surface area contributed by atoms with E-state index in [2.05, 4.69) is 69.4 Å². The standard InChI is InChI=1S/C17H13BrS4/c1-17(6-3-8-21-17)16-11(5-9-20-16)15-12(10-14(18)22-15)13-4-2-7-19-13/h2-5,7-10H,6H2,1H3. The normalized spacial score (nSPS) is 20.8. The third kappa shape index (κ3) is 2.57. The number of allylic oxidation sites excluding steroid dienone is 1. The summed E-state index contributed by atoms with van der Waals surface area (Å²) in [5.41, 5.74) is 2.76. The van der Waals surface area contributed by atoms with Crippen LogP contribution in [0, 0.1) is 0 Å². The molecule has 0 saturated heterocycles. The van der Waals surface area contributed by atoms with Crippen molar-refractivity contribution in [2.75, 3.05) is 0 Å².